The lowest BCUT2D eigenvalue weighted by molar-refractivity contribution is -0.132. The van der Waals surface area contributed by atoms with E-state index in [9.17, 15) is 25.5 Å². The van der Waals surface area contributed by atoms with Crippen LogP contribution < -0.4 is 0 Å². The Kier molecular flexibility index (Phi) is 5.90. The standard InChI is InChI=1S/C18H23N3O8/c22-12-11(28-17(25)13(12)23)7-21-10(6-19-20-21)15-16(14(24)18(26)29-15)27-8-9-4-2-1-3-5-9/h1-6,11-18,22-26H,7-8H2/t11-,12+,13-,14-,15-,16-,17?,18?/m1/s1. The van der Waals surface area contributed by atoms with E-state index in [1.165, 1.54) is 10.9 Å². The average Bonchev–Trinajstić information content (AvgIpc) is 3.36. The zero-order valence-corrected chi connectivity index (χ0v) is 15.3. The van der Waals surface area contributed by atoms with Gasteiger partial charge in [-0.15, -0.1) is 5.10 Å². The monoisotopic (exact) mass is 409 g/mol. The quantitative estimate of drug-likeness (QED) is 0.363. The van der Waals surface area contributed by atoms with E-state index >= 15 is 0 Å². The molecule has 0 aliphatic carbocycles. The molecule has 2 unspecified atom stereocenters. The minimum atomic E-state index is -1.50. The van der Waals surface area contributed by atoms with Gasteiger partial charge in [0, 0.05) is 0 Å². The maximum atomic E-state index is 10.3. The van der Waals surface area contributed by atoms with Crippen molar-refractivity contribution in [2.45, 2.75) is 62.4 Å². The first kappa shape index (κ1) is 20.3. The highest BCUT2D eigenvalue weighted by molar-refractivity contribution is 5.14. The summed E-state index contributed by atoms with van der Waals surface area (Å²) in [5, 5.41) is 57.3. The Labute approximate surface area is 165 Å². The lowest BCUT2D eigenvalue weighted by Gasteiger charge is -2.22. The summed E-state index contributed by atoms with van der Waals surface area (Å²) in [4.78, 5) is 0. The number of hydrogen-bond acceptors (Lipinski definition) is 10. The molecule has 2 aromatic rings. The molecule has 1 aromatic heterocycles. The zero-order chi connectivity index (χ0) is 20.5. The average molecular weight is 409 g/mol. The van der Waals surface area contributed by atoms with Crippen molar-refractivity contribution in [3.05, 3.63) is 47.8 Å². The van der Waals surface area contributed by atoms with Crippen LogP contribution in [-0.2, 0) is 27.4 Å². The normalized spacial score (nSPS) is 37.3. The molecule has 1 aromatic carbocycles. The van der Waals surface area contributed by atoms with Crippen molar-refractivity contribution >= 4 is 0 Å². The number of aromatic nitrogens is 3. The van der Waals surface area contributed by atoms with Gasteiger partial charge in [-0.1, -0.05) is 35.5 Å². The highest BCUT2D eigenvalue weighted by atomic mass is 16.7. The van der Waals surface area contributed by atoms with Crippen LogP contribution in [0.25, 0.3) is 0 Å². The lowest BCUT2D eigenvalue weighted by Crippen LogP contribution is -2.35. The van der Waals surface area contributed by atoms with E-state index in [0.29, 0.717) is 5.69 Å². The molecule has 4 rings (SSSR count). The highest BCUT2D eigenvalue weighted by Gasteiger charge is 2.47. The van der Waals surface area contributed by atoms with Crippen LogP contribution in [0.1, 0.15) is 17.4 Å². The second kappa shape index (κ2) is 8.42. The van der Waals surface area contributed by atoms with Crippen LogP contribution in [-0.4, -0.2) is 83.6 Å². The van der Waals surface area contributed by atoms with Gasteiger partial charge in [-0.05, 0) is 5.56 Å². The first-order chi connectivity index (χ1) is 14.0. The fourth-order valence-electron chi connectivity index (χ4n) is 3.52. The Hall–Kier alpha value is -1.96. The smallest absolute Gasteiger partial charge is 0.184 e. The molecule has 11 heteroatoms. The van der Waals surface area contributed by atoms with E-state index < -0.39 is 49.2 Å². The van der Waals surface area contributed by atoms with Crippen molar-refractivity contribution in [2.75, 3.05) is 0 Å². The molecule has 2 saturated heterocycles. The fourth-order valence-corrected chi connectivity index (χ4v) is 3.52. The predicted octanol–water partition coefficient (Wildman–Crippen LogP) is -1.95. The third-order valence-electron chi connectivity index (χ3n) is 5.13. The van der Waals surface area contributed by atoms with Gasteiger partial charge in [-0.3, -0.25) is 0 Å². The van der Waals surface area contributed by atoms with Crippen molar-refractivity contribution in [1.82, 2.24) is 15.0 Å². The van der Waals surface area contributed by atoms with Crippen LogP contribution in [0.4, 0.5) is 0 Å². The Morgan fingerprint density at radius 2 is 1.66 bits per heavy atom. The van der Waals surface area contributed by atoms with Gasteiger partial charge in [-0.2, -0.15) is 0 Å². The summed E-state index contributed by atoms with van der Waals surface area (Å²) in [5.41, 5.74) is 1.27. The molecule has 0 amide bonds. The van der Waals surface area contributed by atoms with Crippen LogP contribution in [0, 0.1) is 0 Å². The number of rotatable bonds is 6. The maximum Gasteiger partial charge on any atom is 0.184 e. The SMILES string of the molecule is OC1O[C@H](Cn2nncc2[C@H]2OC(O)[C@H](O)[C@H]2OCc2ccccc2)[C@H](O)[C@H]1O. The Morgan fingerprint density at radius 3 is 2.34 bits per heavy atom. The third-order valence-corrected chi connectivity index (χ3v) is 5.13. The van der Waals surface area contributed by atoms with Crippen LogP contribution in [0.15, 0.2) is 36.5 Å². The molecule has 8 atom stereocenters. The second-order valence-electron chi connectivity index (χ2n) is 7.09. The number of benzene rings is 1. The van der Waals surface area contributed by atoms with Crippen LogP contribution in [0.5, 0.6) is 0 Å². The molecule has 0 bridgehead atoms. The number of aliphatic hydroxyl groups is 5. The summed E-state index contributed by atoms with van der Waals surface area (Å²) < 4.78 is 17.8. The summed E-state index contributed by atoms with van der Waals surface area (Å²) in [6.07, 6.45) is -8.31. The van der Waals surface area contributed by atoms with Crippen molar-refractivity contribution in [1.29, 1.82) is 0 Å². The maximum absolute atomic E-state index is 10.3. The minimum absolute atomic E-state index is 0.0396. The molecule has 158 valence electrons. The van der Waals surface area contributed by atoms with Crippen molar-refractivity contribution in [3.8, 4) is 0 Å². The molecule has 11 nitrogen and oxygen atoms in total. The molecule has 29 heavy (non-hydrogen) atoms. The summed E-state index contributed by atoms with van der Waals surface area (Å²) in [6.45, 7) is 0.154. The molecule has 2 aliphatic heterocycles. The predicted molar refractivity (Wildman–Crippen MR) is 93.8 cm³/mol. The summed E-state index contributed by atoms with van der Waals surface area (Å²) >= 11 is 0. The number of hydrogen-bond donors (Lipinski definition) is 5. The molecular formula is C18H23N3O8. The van der Waals surface area contributed by atoms with Crippen LogP contribution in [0.3, 0.4) is 0 Å². The fraction of sp³-hybridized carbons (Fsp3) is 0.556. The Balaban J connectivity index is 1.50. The zero-order valence-electron chi connectivity index (χ0n) is 15.3. The number of ether oxygens (including phenoxy) is 3. The summed E-state index contributed by atoms with van der Waals surface area (Å²) in [7, 11) is 0. The molecule has 2 aliphatic rings. The van der Waals surface area contributed by atoms with E-state index in [-0.39, 0.29) is 13.2 Å². The van der Waals surface area contributed by atoms with Crippen molar-refractivity contribution < 1.29 is 39.7 Å². The van der Waals surface area contributed by atoms with E-state index in [1.807, 2.05) is 30.3 Å². The largest absolute Gasteiger partial charge is 0.387 e. The molecule has 2 fully saturated rings. The molecule has 3 heterocycles. The molecular weight excluding hydrogens is 386 g/mol. The van der Waals surface area contributed by atoms with E-state index in [1.54, 1.807) is 0 Å². The third kappa shape index (κ3) is 4.04. The molecule has 0 radical (unpaired) electrons. The topological polar surface area (TPSA) is 160 Å². The summed E-state index contributed by atoms with van der Waals surface area (Å²) in [6, 6.07) is 9.34. The van der Waals surface area contributed by atoms with Gasteiger partial charge in [0.25, 0.3) is 0 Å². The van der Waals surface area contributed by atoms with E-state index in [4.69, 9.17) is 14.2 Å². The molecule has 0 spiro atoms. The van der Waals surface area contributed by atoms with Gasteiger partial charge in [0.15, 0.2) is 12.6 Å². The van der Waals surface area contributed by atoms with Crippen LogP contribution >= 0.6 is 0 Å². The summed E-state index contributed by atoms with van der Waals surface area (Å²) in [5.74, 6) is 0. The van der Waals surface area contributed by atoms with E-state index in [2.05, 4.69) is 10.3 Å². The van der Waals surface area contributed by atoms with Gasteiger partial charge in [0.05, 0.1) is 25.0 Å². The Morgan fingerprint density at radius 1 is 0.931 bits per heavy atom. The van der Waals surface area contributed by atoms with Gasteiger partial charge < -0.3 is 39.7 Å². The van der Waals surface area contributed by atoms with Crippen molar-refractivity contribution in [3.63, 3.8) is 0 Å². The second-order valence-corrected chi connectivity index (χ2v) is 7.09. The Bertz CT molecular complexity index is 805. The van der Waals surface area contributed by atoms with Crippen LogP contribution in [0.2, 0.25) is 0 Å². The van der Waals surface area contributed by atoms with E-state index in [0.717, 1.165) is 5.56 Å². The number of aliphatic hydroxyl groups excluding tert-OH is 5. The van der Waals surface area contributed by atoms with Gasteiger partial charge in [0.2, 0.25) is 0 Å². The first-order valence-corrected chi connectivity index (χ1v) is 9.21. The van der Waals surface area contributed by atoms with Gasteiger partial charge in [-0.25, -0.2) is 4.68 Å². The molecule has 5 N–H and O–H groups in total. The highest BCUT2D eigenvalue weighted by Crippen LogP contribution is 2.35. The first-order valence-electron chi connectivity index (χ1n) is 9.21. The van der Waals surface area contributed by atoms with Crippen molar-refractivity contribution in [2.24, 2.45) is 0 Å². The number of nitrogens with zero attached hydrogens (tertiary/aromatic N) is 3. The lowest BCUT2D eigenvalue weighted by atomic mass is 10.1. The van der Waals surface area contributed by atoms with Gasteiger partial charge in [0.1, 0.15) is 36.6 Å². The molecule has 0 saturated carbocycles. The van der Waals surface area contributed by atoms with Gasteiger partial charge >= 0.3 is 0 Å². The minimum Gasteiger partial charge on any atom is -0.387 e.